The standard InChI is InChI=1S/C20H33N7O2S/c1-2-24-11-13-25(14-12-24)10-7-21-18(29)16-5-3-8-26(15-16)19-22-23-20(30-19)27-9-4-6-17(27)28/h16H,2-15H2,1H3,(H,21,29)/t16-/m0/s1. The number of rotatable bonds is 7. The second kappa shape index (κ2) is 10.0. The van der Waals surface area contributed by atoms with Crippen LogP contribution in [0.15, 0.2) is 0 Å². The number of hydrogen-bond donors (Lipinski definition) is 1. The van der Waals surface area contributed by atoms with Crippen molar-refractivity contribution in [2.75, 3.05) is 75.2 Å². The van der Waals surface area contributed by atoms with Gasteiger partial charge in [-0.1, -0.05) is 18.3 Å². The summed E-state index contributed by atoms with van der Waals surface area (Å²) in [5.41, 5.74) is 0. The van der Waals surface area contributed by atoms with Crippen molar-refractivity contribution in [3.63, 3.8) is 0 Å². The molecule has 4 rings (SSSR count). The SMILES string of the molecule is CCN1CCN(CCNC(=O)[C@H]2CCCN(c3nnc(N4CCCC4=O)s3)C2)CC1. The maximum absolute atomic E-state index is 12.7. The molecule has 0 aromatic carbocycles. The van der Waals surface area contributed by atoms with Crippen LogP contribution in [0.1, 0.15) is 32.6 Å². The zero-order valence-corrected chi connectivity index (χ0v) is 18.7. The van der Waals surface area contributed by atoms with Gasteiger partial charge in [-0.15, -0.1) is 10.2 Å². The fraction of sp³-hybridized carbons (Fsp3) is 0.800. The molecule has 1 aromatic rings. The Hall–Kier alpha value is -1.78. The lowest BCUT2D eigenvalue weighted by Crippen LogP contribution is -2.49. The molecule has 9 nitrogen and oxygen atoms in total. The van der Waals surface area contributed by atoms with E-state index in [2.05, 4.69) is 37.1 Å². The highest BCUT2D eigenvalue weighted by Crippen LogP contribution is 2.32. The van der Waals surface area contributed by atoms with Crippen LogP contribution in [0.2, 0.25) is 0 Å². The van der Waals surface area contributed by atoms with Crippen LogP contribution in [0.3, 0.4) is 0 Å². The monoisotopic (exact) mass is 435 g/mol. The Morgan fingerprint density at radius 3 is 2.57 bits per heavy atom. The number of hydrogen-bond acceptors (Lipinski definition) is 8. The maximum atomic E-state index is 12.7. The topological polar surface area (TPSA) is 84.9 Å². The van der Waals surface area contributed by atoms with E-state index in [0.29, 0.717) is 24.6 Å². The Morgan fingerprint density at radius 2 is 1.83 bits per heavy atom. The summed E-state index contributed by atoms with van der Waals surface area (Å²) >= 11 is 1.46. The van der Waals surface area contributed by atoms with Gasteiger partial charge in [0.25, 0.3) is 0 Å². The minimum atomic E-state index is -0.0172. The zero-order chi connectivity index (χ0) is 20.9. The first-order valence-electron chi connectivity index (χ1n) is 11.2. The van der Waals surface area contributed by atoms with Gasteiger partial charge in [-0.05, 0) is 25.8 Å². The largest absolute Gasteiger partial charge is 0.355 e. The van der Waals surface area contributed by atoms with Crippen LogP contribution < -0.4 is 15.1 Å². The molecule has 1 atom stereocenters. The van der Waals surface area contributed by atoms with Crippen molar-refractivity contribution in [2.45, 2.75) is 32.6 Å². The summed E-state index contributed by atoms with van der Waals surface area (Å²) in [6.07, 6.45) is 3.35. The van der Waals surface area contributed by atoms with Gasteiger partial charge in [0, 0.05) is 65.3 Å². The van der Waals surface area contributed by atoms with Crippen molar-refractivity contribution in [1.29, 1.82) is 0 Å². The van der Waals surface area contributed by atoms with Crippen molar-refractivity contribution in [1.82, 2.24) is 25.3 Å². The Labute approximate surface area is 182 Å². The lowest BCUT2D eigenvalue weighted by molar-refractivity contribution is -0.125. The van der Waals surface area contributed by atoms with E-state index in [1.807, 2.05) is 0 Å². The third-order valence-electron chi connectivity index (χ3n) is 6.41. The van der Waals surface area contributed by atoms with Gasteiger partial charge in [-0.3, -0.25) is 19.4 Å². The van der Waals surface area contributed by atoms with Gasteiger partial charge in [-0.2, -0.15) is 0 Å². The highest BCUT2D eigenvalue weighted by atomic mass is 32.1. The molecule has 1 N–H and O–H groups in total. The van der Waals surface area contributed by atoms with E-state index >= 15 is 0 Å². The molecule has 0 radical (unpaired) electrons. The summed E-state index contributed by atoms with van der Waals surface area (Å²) in [5, 5.41) is 13.2. The Kier molecular flexibility index (Phi) is 7.16. The van der Waals surface area contributed by atoms with Crippen LogP contribution in [0.4, 0.5) is 10.3 Å². The van der Waals surface area contributed by atoms with E-state index in [1.54, 1.807) is 4.90 Å². The predicted molar refractivity (Wildman–Crippen MR) is 118 cm³/mol. The van der Waals surface area contributed by atoms with Crippen LogP contribution in [-0.2, 0) is 9.59 Å². The molecule has 0 spiro atoms. The molecule has 0 saturated carbocycles. The summed E-state index contributed by atoms with van der Waals surface area (Å²) in [6, 6.07) is 0. The highest BCUT2D eigenvalue weighted by molar-refractivity contribution is 7.19. The van der Waals surface area contributed by atoms with Crippen molar-refractivity contribution < 1.29 is 9.59 Å². The number of amides is 2. The Bertz CT molecular complexity index is 734. The van der Waals surface area contributed by atoms with E-state index in [9.17, 15) is 9.59 Å². The maximum Gasteiger partial charge on any atom is 0.228 e. The summed E-state index contributed by atoms with van der Waals surface area (Å²) in [4.78, 5) is 33.4. The number of anilines is 2. The minimum Gasteiger partial charge on any atom is -0.355 e. The molecule has 3 aliphatic heterocycles. The number of piperidine rings is 1. The van der Waals surface area contributed by atoms with Crippen LogP contribution in [-0.4, -0.2) is 97.3 Å². The van der Waals surface area contributed by atoms with Crippen LogP contribution >= 0.6 is 11.3 Å². The molecule has 4 heterocycles. The minimum absolute atomic E-state index is 0.0172. The third kappa shape index (κ3) is 5.09. The van der Waals surface area contributed by atoms with Crippen molar-refractivity contribution >= 4 is 33.4 Å². The smallest absolute Gasteiger partial charge is 0.228 e. The predicted octanol–water partition coefficient (Wildman–Crippen LogP) is 0.635. The second-order valence-corrected chi connectivity index (χ2v) is 9.30. The molecule has 0 bridgehead atoms. The Balaban J connectivity index is 1.23. The number of piperazine rings is 1. The van der Waals surface area contributed by atoms with Crippen LogP contribution in [0, 0.1) is 5.92 Å². The first-order valence-corrected chi connectivity index (χ1v) is 12.1. The van der Waals surface area contributed by atoms with Gasteiger partial charge in [0.2, 0.25) is 22.1 Å². The van der Waals surface area contributed by atoms with Crippen LogP contribution in [0.25, 0.3) is 0 Å². The fourth-order valence-electron chi connectivity index (χ4n) is 4.47. The molecule has 10 heteroatoms. The molecular formula is C20H33N7O2S. The van der Waals surface area contributed by atoms with E-state index in [0.717, 1.165) is 76.8 Å². The number of carbonyl (C=O) groups is 2. The summed E-state index contributed by atoms with van der Waals surface area (Å²) in [6.45, 7) is 11.6. The molecule has 3 fully saturated rings. The van der Waals surface area contributed by atoms with Gasteiger partial charge in [0.15, 0.2) is 0 Å². The van der Waals surface area contributed by atoms with E-state index < -0.39 is 0 Å². The van der Waals surface area contributed by atoms with E-state index in [-0.39, 0.29) is 17.7 Å². The summed E-state index contributed by atoms with van der Waals surface area (Å²) in [7, 11) is 0. The normalized spacial score (nSPS) is 23.9. The first kappa shape index (κ1) is 21.5. The number of likely N-dealkylation sites (N-methyl/N-ethyl adjacent to an activating group) is 1. The molecule has 30 heavy (non-hydrogen) atoms. The molecule has 166 valence electrons. The molecule has 0 unspecified atom stereocenters. The fourth-order valence-corrected chi connectivity index (χ4v) is 5.40. The number of nitrogens with zero attached hydrogens (tertiary/aromatic N) is 6. The Morgan fingerprint density at radius 1 is 1.07 bits per heavy atom. The second-order valence-electron chi connectivity index (χ2n) is 8.37. The zero-order valence-electron chi connectivity index (χ0n) is 17.9. The lowest BCUT2D eigenvalue weighted by Gasteiger charge is -2.34. The van der Waals surface area contributed by atoms with Crippen LogP contribution in [0.5, 0.6) is 0 Å². The molecule has 1 aromatic heterocycles. The van der Waals surface area contributed by atoms with Crippen molar-refractivity contribution in [3.05, 3.63) is 0 Å². The summed E-state index contributed by atoms with van der Waals surface area (Å²) in [5.74, 6) is 0.257. The first-order chi connectivity index (χ1) is 14.6. The number of carbonyl (C=O) groups excluding carboxylic acids is 2. The van der Waals surface area contributed by atoms with Gasteiger partial charge in [0.1, 0.15) is 0 Å². The quantitative estimate of drug-likeness (QED) is 0.673. The number of aromatic nitrogens is 2. The summed E-state index contributed by atoms with van der Waals surface area (Å²) < 4.78 is 0. The van der Waals surface area contributed by atoms with Gasteiger partial charge in [0.05, 0.1) is 5.92 Å². The molecule has 2 amide bonds. The van der Waals surface area contributed by atoms with Gasteiger partial charge >= 0.3 is 0 Å². The molecular weight excluding hydrogens is 402 g/mol. The highest BCUT2D eigenvalue weighted by Gasteiger charge is 2.30. The van der Waals surface area contributed by atoms with Gasteiger partial charge < -0.3 is 15.1 Å². The molecule has 0 aliphatic carbocycles. The average molecular weight is 436 g/mol. The molecule has 3 saturated heterocycles. The van der Waals surface area contributed by atoms with Crippen molar-refractivity contribution in [2.24, 2.45) is 5.92 Å². The average Bonchev–Trinajstić information content (AvgIpc) is 3.43. The van der Waals surface area contributed by atoms with Crippen molar-refractivity contribution in [3.8, 4) is 0 Å². The van der Waals surface area contributed by atoms with Gasteiger partial charge in [-0.25, -0.2) is 0 Å². The molecule has 3 aliphatic rings. The lowest BCUT2D eigenvalue weighted by atomic mass is 9.97. The van der Waals surface area contributed by atoms with E-state index in [4.69, 9.17) is 0 Å². The number of nitrogens with one attached hydrogen (secondary N) is 1. The third-order valence-corrected chi connectivity index (χ3v) is 7.42. The van der Waals surface area contributed by atoms with E-state index in [1.165, 1.54) is 11.3 Å².